The molecule has 21 heavy (non-hydrogen) atoms. The molecule has 0 aromatic carbocycles. The van der Waals surface area contributed by atoms with Crippen LogP contribution in [0.1, 0.15) is 32.6 Å². The van der Waals surface area contributed by atoms with E-state index in [1.54, 1.807) is 0 Å². The van der Waals surface area contributed by atoms with Crippen molar-refractivity contribution in [2.75, 3.05) is 24.3 Å². The molecule has 2 rings (SSSR count). The third-order valence-electron chi connectivity index (χ3n) is 3.90. The predicted octanol–water partition coefficient (Wildman–Crippen LogP) is 1.17. The van der Waals surface area contributed by atoms with Crippen LogP contribution in [0.15, 0.2) is 5.16 Å². The van der Waals surface area contributed by atoms with Crippen molar-refractivity contribution in [3.63, 3.8) is 0 Å². The minimum atomic E-state index is 0.0760. The summed E-state index contributed by atoms with van der Waals surface area (Å²) in [5.74, 6) is 1.29. The number of anilines is 2. The number of nitrogens with two attached hydrogens (primary N) is 2. The quantitative estimate of drug-likeness (QED) is 0.803. The number of hydrogen-bond donors (Lipinski definition) is 2. The Morgan fingerprint density at radius 2 is 1.76 bits per heavy atom. The standard InChI is InChI=1S/C13H22N6OS/c1-8-3-5-9(6-4-8)19(2)10(20)7-21-13-17-11(14)16-12(15)18-13/h8-9H,3-7H2,1-2H3,(H4,14,15,16,17,18). The number of rotatable bonds is 4. The molecule has 0 aliphatic heterocycles. The maximum absolute atomic E-state index is 12.2. The Morgan fingerprint density at radius 1 is 1.19 bits per heavy atom. The summed E-state index contributed by atoms with van der Waals surface area (Å²) in [7, 11) is 1.87. The zero-order chi connectivity index (χ0) is 15.4. The van der Waals surface area contributed by atoms with Gasteiger partial charge in [-0.05, 0) is 31.6 Å². The van der Waals surface area contributed by atoms with Gasteiger partial charge in [0.25, 0.3) is 0 Å². The maximum Gasteiger partial charge on any atom is 0.233 e. The van der Waals surface area contributed by atoms with E-state index >= 15 is 0 Å². The first kappa shape index (κ1) is 15.8. The average molecular weight is 310 g/mol. The van der Waals surface area contributed by atoms with Gasteiger partial charge < -0.3 is 16.4 Å². The molecule has 1 saturated carbocycles. The lowest BCUT2D eigenvalue weighted by molar-refractivity contribution is -0.129. The van der Waals surface area contributed by atoms with Gasteiger partial charge in [-0.15, -0.1) is 0 Å². The summed E-state index contributed by atoms with van der Waals surface area (Å²) in [5, 5.41) is 0.388. The average Bonchev–Trinajstić information content (AvgIpc) is 2.44. The molecule has 0 radical (unpaired) electrons. The number of aromatic nitrogens is 3. The molecule has 0 bridgehead atoms. The largest absolute Gasteiger partial charge is 0.368 e. The van der Waals surface area contributed by atoms with E-state index in [2.05, 4.69) is 21.9 Å². The van der Waals surface area contributed by atoms with Gasteiger partial charge >= 0.3 is 0 Å². The monoisotopic (exact) mass is 310 g/mol. The third kappa shape index (κ3) is 4.45. The van der Waals surface area contributed by atoms with Crippen molar-refractivity contribution in [1.29, 1.82) is 0 Å². The molecular formula is C13H22N6OS. The van der Waals surface area contributed by atoms with E-state index in [1.165, 1.54) is 24.6 Å². The zero-order valence-electron chi connectivity index (χ0n) is 12.5. The van der Waals surface area contributed by atoms with Crippen LogP contribution in [-0.2, 0) is 4.79 Å². The number of thioether (sulfide) groups is 1. The second kappa shape index (κ2) is 6.93. The van der Waals surface area contributed by atoms with Crippen molar-refractivity contribution in [3.05, 3.63) is 0 Å². The van der Waals surface area contributed by atoms with Crippen molar-refractivity contribution < 1.29 is 4.79 Å². The van der Waals surface area contributed by atoms with Gasteiger partial charge in [0.15, 0.2) is 5.16 Å². The molecule has 1 amide bonds. The molecule has 0 spiro atoms. The highest BCUT2D eigenvalue weighted by atomic mass is 32.2. The number of nitrogen functional groups attached to an aromatic ring is 2. The van der Waals surface area contributed by atoms with Crippen LogP contribution >= 0.6 is 11.8 Å². The van der Waals surface area contributed by atoms with Crippen molar-refractivity contribution in [2.24, 2.45) is 5.92 Å². The van der Waals surface area contributed by atoms with Crippen LogP contribution in [0.4, 0.5) is 11.9 Å². The second-order valence-corrected chi connectivity index (χ2v) is 6.48. The molecule has 4 N–H and O–H groups in total. The Kier molecular flexibility index (Phi) is 5.22. The Balaban J connectivity index is 1.86. The fourth-order valence-electron chi connectivity index (χ4n) is 2.51. The molecule has 1 aliphatic rings. The fraction of sp³-hybridized carbons (Fsp3) is 0.692. The third-order valence-corrected chi connectivity index (χ3v) is 4.73. The summed E-state index contributed by atoms with van der Waals surface area (Å²) in [5.41, 5.74) is 11.0. The molecule has 1 heterocycles. The molecular weight excluding hydrogens is 288 g/mol. The van der Waals surface area contributed by atoms with Gasteiger partial charge in [-0.3, -0.25) is 4.79 Å². The Morgan fingerprint density at radius 3 is 2.33 bits per heavy atom. The highest BCUT2D eigenvalue weighted by molar-refractivity contribution is 7.99. The first-order valence-corrected chi connectivity index (χ1v) is 8.09. The van der Waals surface area contributed by atoms with Crippen LogP contribution in [0.5, 0.6) is 0 Å². The van der Waals surface area contributed by atoms with Gasteiger partial charge in [0.05, 0.1) is 5.75 Å². The number of nitrogens with zero attached hydrogens (tertiary/aromatic N) is 4. The topological polar surface area (TPSA) is 111 Å². The lowest BCUT2D eigenvalue weighted by Gasteiger charge is -2.33. The lowest BCUT2D eigenvalue weighted by Crippen LogP contribution is -2.40. The molecule has 7 nitrogen and oxygen atoms in total. The van der Waals surface area contributed by atoms with E-state index in [0.717, 1.165) is 18.8 Å². The van der Waals surface area contributed by atoms with Crippen molar-refractivity contribution in [3.8, 4) is 0 Å². The van der Waals surface area contributed by atoms with Crippen LogP contribution in [0.25, 0.3) is 0 Å². The smallest absolute Gasteiger partial charge is 0.233 e. The molecule has 0 atom stereocenters. The highest BCUT2D eigenvalue weighted by Gasteiger charge is 2.24. The van der Waals surface area contributed by atoms with Crippen LogP contribution in [0.3, 0.4) is 0 Å². The van der Waals surface area contributed by atoms with Gasteiger partial charge in [-0.25, -0.2) is 0 Å². The Hall–Kier alpha value is -1.57. The maximum atomic E-state index is 12.2. The SMILES string of the molecule is CC1CCC(N(C)C(=O)CSc2nc(N)nc(N)n2)CC1. The van der Waals surface area contributed by atoms with E-state index in [0.29, 0.717) is 11.2 Å². The van der Waals surface area contributed by atoms with Gasteiger partial charge in [0.2, 0.25) is 17.8 Å². The van der Waals surface area contributed by atoms with E-state index in [4.69, 9.17) is 11.5 Å². The molecule has 1 aromatic heterocycles. The summed E-state index contributed by atoms with van der Waals surface area (Å²) in [4.78, 5) is 25.7. The molecule has 8 heteroatoms. The number of carbonyl (C=O) groups is 1. The summed E-state index contributed by atoms with van der Waals surface area (Å²) in [6.45, 7) is 2.27. The van der Waals surface area contributed by atoms with Crippen molar-refractivity contribution in [1.82, 2.24) is 19.9 Å². The van der Waals surface area contributed by atoms with Crippen LogP contribution in [0, 0.1) is 5.92 Å². The Labute approximate surface area is 128 Å². The minimum absolute atomic E-state index is 0.0760. The first-order chi connectivity index (χ1) is 9.95. The number of carbonyl (C=O) groups excluding carboxylic acids is 1. The Bertz CT molecular complexity index is 483. The minimum Gasteiger partial charge on any atom is -0.368 e. The summed E-state index contributed by atoms with van der Waals surface area (Å²) in [6.07, 6.45) is 4.55. The van der Waals surface area contributed by atoms with Crippen LogP contribution < -0.4 is 11.5 Å². The molecule has 116 valence electrons. The first-order valence-electron chi connectivity index (χ1n) is 7.11. The van der Waals surface area contributed by atoms with E-state index in [1.807, 2.05) is 11.9 Å². The van der Waals surface area contributed by atoms with Gasteiger partial charge in [0, 0.05) is 13.1 Å². The summed E-state index contributed by atoms with van der Waals surface area (Å²) in [6, 6.07) is 0.350. The predicted molar refractivity (Wildman–Crippen MR) is 83.6 cm³/mol. The molecule has 1 aliphatic carbocycles. The normalized spacial score (nSPS) is 22.0. The van der Waals surface area contributed by atoms with Gasteiger partial charge in [0.1, 0.15) is 0 Å². The number of hydrogen-bond acceptors (Lipinski definition) is 7. The van der Waals surface area contributed by atoms with Crippen LogP contribution in [-0.4, -0.2) is 44.6 Å². The zero-order valence-corrected chi connectivity index (χ0v) is 13.3. The van der Waals surface area contributed by atoms with Crippen molar-refractivity contribution >= 4 is 29.6 Å². The number of amides is 1. The van der Waals surface area contributed by atoms with E-state index < -0.39 is 0 Å². The van der Waals surface area contributed by atoms with E-state index in [9.17, 15) is 4.79 Å². The van der Waals surface area contributed by atoms with E-state index in [-0.39, 0.29) is 23.6 Å². The fourth-order valence-corrected chi connectivity index (χ4v) is 3.29. The second-order valence-electron chi connectivity index (χ2n) is 5.54. The molecule has 1 aromatic rings. The van der Waals surface area contributed by atoms with Crippen molar-refractivity contribution in [2.45, 2.75) is 43.8 Å². The molecule has 1 fully saturated rings. The molecule has 0 unspecified atom stereocenters. The summed E-state index contributed by atoms with van der Waals surface area (Å²) >= 11 is 1.24. The lowest BCUT2D eigenvalue weighted by atomic mass is 9.87. The van der Waals surface area contributed by atoms with Gasteiger partial charge in [-0.1, -0.05) is 18.7 Å². The van der Waals surface area contributed by atoms with Crippen LogP contribution in [0.2, 0.25) is 0 Å². The molecule has 0 saturated heterocycles. The highest BCUT2D eigenvalue weighted by Crippen LogP contribution is 2.27. The van der Waals surface area contributed by atoms with Gasteiger partial charge in [-0.2, -0.15) is 15.0 Å². The summed E-state index contributed by atoms with van der Waals surface area (Å²) < 4.78 is 0.